The van der Waals surface area contributed by atoms with Crippen LogP contribution in [0.5, 0.6) is 0 Å². The number of likely N-dealkylation sites (tertiary alicyclic amines) is 1. The molecule has 116 valence electrons. The number of ether oxygens (including phenoxy) is 1. The van der Waals surface area contributed by atoms with E-state index in [0.717, 1.165) is 64.1 Å². The molecular formula is C16H30N2O2. The van der Waals surface area contributed by atoms with Crippen LogP contribution in [0.2, 0.25) is 0 Å². The van der Waals surface area contributed by atoms with Gasteiger partial charge in [0.05, 0.1) is 11.5 Å². The molecule has 1 aliphatic heterocycles. The van der Waals surface area contributed by atoms with E-state index in [9.17, 15) is 4.79 Å². The first-order valence-corrected chi connectivity index (χ1v) is 8.22. The van der Waals surface area contributed by atoms with Crippen molar-refractivity contribution in [2.45, 2.75) is 58.5 Å². The standard InChI is InChI=1S/C16H30N2O2/c1-3-20-14-6-10-18(11-7-14)15(19)16(12-17)8-4-13(2)5-9-16/h13-14H,3-12,17H2,1-2H3. The molecule has 1 aliphatic carbocycles. The molecule has 0 aromatic carbocycles. The van der Waals surface area contributed by atoms with E-state index in [-0.39, 0.29) is 5.41 Å². The lowest BCUT2D eigenvalue weighted by Crippen LogP contribution is -2.52. The van der Waals surface area contributed by atoms with Crippen LogP contribution in [0.25, 0.3) is 0 Å². The molecule has 4 heteroatoms. The maximum atomic E-state index is 12.9. The van der Waals surface area contributed by atoms with Gasteiger partial charge in [0.2, 0.25) is 5.91 Å². The van der Waals surface area contributed by atoms with Crippen molar-refractivity contribution in [2.24, 2.45) is 17.1 Å². The Morgan fingerprint density at radius 1 is 1.25 bits per heavy atom. The van der Waals surface area contributed by atoms with Crippen LogP contribution in [0, 0.1) is 11.3 Å². The van der Waals surface area contributed by atoms with E-state index in [0.29, 0.717) is 18.6 Å². The van der Waals surface area contributed by atoms with Crippen molar-refractivity contribution in [3.63, 3.8) is 0 Å². The summed E-state index contributed by atoms with van der Waals surface area (Å²) in [5.41, 5.74) is 5.72. The van der Waals surface area contributed by atoms with Gasteiger partial charge in [0.25, 0.3) is 0 Å². The van der Waals surface area contributed by atoms with Crippen molar-refractivity contribution in [3.8, 4) is 0 Å². The van der Waals surface area contributed by atoms with Crippen molar-refractivity contribution < 1.29 is 9.53 Å². The molecule has 20 heavy (non-hydrogen) atoms. The van der Waals surface area contributed by atoms with Crippen LogP contribution in [0.3, 0.4) is 0 Å². The smallest absolute Gasteiger partial charge is 0.230 e. The van der Waals surface area contributed by atoms with Crippen molar-refractivity contribution >= 4 is 5.91 Å². The predicted molar refractivity (Wildman–Crippen MR) is 80.3 cm³/mol. The fourth-order valence-corrected chi connectivity index (χ4v) is 3.62. The molecule has 0 aromatic heterocycles. The van der Waals surface area contributed by atoms with Gasteiger partial charge in [-0.05, 0) is 51.4 Å². The van der Waals surface area contributed by atoms with Crippen LogP contribution in [-0.2, 0) is 9.53 Å². The van der Waals surface area contributed by atoms with E-state index in [1.807, 2.05) is 11.8 Å². The van der Waals surface area contributed by atoms with Gasteiger partial charge in [0.15, 0.2) is 0 Å². The quantitative estimate of drug-likeness (QED) is 0.860. The van der Waals surface area contributed by atoms with Crippen molar-refractivity contribution in [3.05, 3.63) is 0 Å². The highest BCUT2D eigenvalue weighted by Crippen LogP contribution is 2.40. The maximum absolute atomic E-state index is 12.9. The number of nitrogens with zero attached hydrogens (tertiary/aromatic N) is 1. The van der Waals surface area contributed by atoms with Gasteiger partial charge in [0.1, 0.15) is 0 Å². The number of carbonyl (C=O) groups is 1. The van der Waals surface area contributed by atoms with Gasteiger partial charge in [0, 0.05) is 26.2 Å². The first-order valence-electron chi connectivity index (χ1n) is 8.22. The number of piperidine rings is 1. The fourth-order valence-electron chi connectivity index (χ4n) is 3.62. The third-order valence-corrected chi connectivity index (χ3v) is 5.21. The molecule has 0 radical (unpaired) electrons. The van der Waals surface area contributed by atoms with Gasteiger partial charge < -0.3 is 15.4 Å². The molecule has 1 heterocycles. The molecular weight excluding hydrogens is 252 g/mol. The molecule has 2 fully saturated rings. The molecule has 4 nitrogen and oxygen atoms in total. The number of rotatable bonds is 4. The zero-order chi connectivity index (χ0) is 14.6. The second-order valence-corrected chi connectivity index (χ2v) is 6.61. The molecule has 0 aromatic rings. The molecule has 1 amide bonds. The number of hydrogen-bond acceptors (Lipinski definition) is 3. The summed E-state index contributed by atoms with van der Waals surface area (Å²) >= 11 is 0. The minimum Gasteiger partial charge on any atom is -0.378 e. The molecule has 0 spiro atoms. The minimum atomic E-state index is -0.273. The number of carbonyl (C=O) groups excluding carboxylic acids is 1. The summed E-state index contributed by atoms with van der Waals surface area (Å²) in [6.07, 6.45) is 6.48. The largest absolute Gasteiger partial charge is 0.378 e. The number of amides is 1. The summed E-state index contributed by atoms with van der Waals surface area (Å²) in [5, 5.41) is 0. The van der Waals surface area contributed by atoms with Crippen LogP contribution in [0.4, 0.5) is 0 Å². The molecule has 0 atom stereocenters. The van der Waals surface area contributed by atoms with Crippen LogP contribution >= 0.6 is 0 Å². The first-order chi connectivity index (χ1) is 9.61. The molecule has 2 N–H and O–H groups in total. The zero-order valence-electron chi connectivity index (χ0n) is 13.1. The predicted octanol–water partition coefficient (Wildman–Crippen LogP) is 2.17. The first kappa shape index (κ1) is 15.8. The van der Waals surface area contributed by atoms with Gasteiger partial charge in [-0.15, -0.1) is 0 Å². The summed E-state index contributed by atoms with van der Waals surface area (Å²) < 4.78 is 5.66. The topological polar surface area (TPSA) is 55.6 Å². The molecule has 2 rings (SSSR count). The molecule has 2 aliphatic rings. The van der Waals surface area contributed by atoms with Crippen molar-refractivity contribution in [1.29, 1.82) is 0 Å². The third kappa shape index (κ3) is 3.34. The molecule has 1 saturated heterocycles. The Kier molecular flexibility index (Phi) is 5.44. The highest BCUT2D eigenvalue weighted by Gasteiger charge is 2.42. The van der Waals surface area contributed by atoms with Crippen LogP contribution in [0.15, 0.2) is 0 Å². The van der Waals surface area contributed by atoms with E-state index < -0.39 is 0 Å². The summed E-state index contributed by atoms with van der Waals surface area (Å²) in [5.74, 6) is 1.05. The number of nitrogens with two attached hydrogens (primary N) is 1. The second-order valence-electron chi connectivity index (χ2n) is 6.61. The van der Waals surface area contributed by atoms with Gasteiger partial charge in [-0.1, -0.05) is 6.92 Å². The average molecular weight is 282 g/mol. The highest BCUT2D eigenvalue weighted by atomic mass is 16.5. The average Bonchev–Trinajstić information content (AvgIpc) is 2.49. The second kappa shape index (κ2) is 6.90. The Bertz CT molecular complexity index is 316. The Morgan fingerprint density at radius 2 is 1.85 bits per heavy atom. The van der Waals surface area contributed by atoms with Crippen LogP contribution < -0.4 is 5.73 Å². The summed E-state index contributed by atoms with van der Waals surface area (Å²) in [4.78, 5) is 14.9. The normalized spacial score (nSPS) is 32.4. The van der Waals surface area contributed by atoms with E-state index in [4.69, 9.17) is 10.5 Å². The van der Waals surface area contributed by atoms with Crippen molar-refractivity contribution in [1.82, 2.24) is 4.90 Å². The van der Waals surface area contributed by atoms with Gasteiger partial charge in [-0.3, -0.25) is 4.79 Å². The minimum absolute atomic E-state index is 0.273. The van der Waals surface area contributed by atoms with E-state index in [1.165, 1.54) is 0 Å². The highest BCUT2D eigenvalue weighted by molar-refractivity contribution is 5.83. The van der Waals surface area contributed by atoms with E-state index >= 15 is 0 Å². The summed E-state index contributed by atoms with van der Waals surface area (Å²) in [6, 6.07) is 0. The lowest BCUT2D eigenvalue weighted by molar-refractivity contribution is -0.146. The van der Waals surface area contributed by atoms with E-state index in [2.05, 4.69) is 6.92 Å². The Balaban J connectivity index is 1.93. The lowest BCUT2D eigenvalue weighted by atomic mass is 9.70. The van der Waals surface area contributed by atoms with Gasteiger partial charge in [-0.2, -0.15) is 0 Å². The lowest BCUT2D eigenvalue weighted by Gasteiger charge is -2.42. The Hall–Kier alpha value is -0.610. The van der Waals surface area contributed by atoms with Crippen LogP contribution in [-0.4, -0.2) is 43.2 Å². The van der Waals surface area contributed by atoms with Crippen LogP contribution in [0.1, 0.15) is 52.4 Å². The molecule has 1 saturated carbocycles. The number of hydrogen-bond donors (Lipinski definition) is 1. The van der Waals surface area contributed by atoms with E-state index in [1.54, 1.807) is 0 Å². The third-order valence-electron chi connectivity index (χ3n) is 5.21. The fraction of sp³-hybridized carbons (Fsp3) is 0.938. The molecule has 0 bridgehead atoms. The SMILES string of the molecule is CCOC1CCN(C(=O)C2(CN)CCC(C)CC2)CC1. The monoisotopic (exact) mass is 282 g/mol. The summed E-state index contributed by atoms with van der Waals surface area (Å²) in [7, 11) is 0. The zero-order valence-corrected chi connectivity index (χ0v) is 13.1. The molecule has 0 unspecified atom stereocenters. The maximum Gasteiger partial charge on any atom is 0.230 e. The Labute approximate surface area is 123 Å². The summed E-state index contributed by atoms with van der Waals surface area (Å²) in [6.45, 7) is 7.25. The van der Waals surface area contributed by atoms with Crippen molar-refractivity contribution in [2.75, 3.05) is 26.2 Å². The van der Waals surface area contributed by atoms with Gasteiger partial charge >= 0.3 is 0 Å². The van der Waals surface area contributed by atoms with Gasteiger partial charge in [-0.25, -0.2) is 0 Å². The Morgan fingerprint density at radius 3 is 2.35 bits per heavy atom.